The van der Waals surface area contributed by atoms with Gasteiger partial charge in [0.25, 0.3) is 0 Å². The van der Waals surface area contributed by atoms with Crippen molar-refractivity contribution in [3.8, 4) is 0 Å². The first-order valence-corrected chi connectivity index (χ1v) is 6.64. The fraction of sp³-hybridized carbons (Fsp3) is 0.176. The van der Waals surface area contributed by atoms with Crippen LogP contribution in [0, 0.1) is 13.8 Å². The number of allylic oxidation sites excluding steroid dienone is 1. The number of aliphatic carboxylic acids is 1. The van der Waals surface area contributed by atoms with Crippen LogP contribution in [-0.2, 0) is 4.79 Å². The lowest BCUT2D eigenvalue weighted by Gasteiger charge is -2.10. The van der Waals surface area contributed by atoms with Crippen molar-refractivity contribution >= 4 is 17.4 Å². The van der Waals surface area contributed by atoms with Gasteiger partial charge in [0.15, 0.2) is 0 Å². The van der Waals surface area contributed by atoms with Crippen LogP contribution in [0.4, 0.5) is 0 Å². The highest BCUT2D eigenvalue weighted by Gasteiger charge is 2.18. The van der Waals surface area contributed by atoms with Crippen molar-refractivity contribution in [1.29, 1.82) is 0 Å². The van der Waals surface area contributed by atoms with Crippen molar-refractivity contribution in [3.63, 3.8) is 0 Å². The highest BCUT2D eigenvalue weighted by atomic mass is 16.4. The number of aromatic nitrogens is 1. The molecule has 4 heteroatoms. The van der Waals surface area contributed by atoms with Crippen molar-refractivity contribution < 1.29 is 14.7 Å². The van der Waals surface area contributed by atoms with Crippen molar-refractivity contribution in [2.24, 2.45) is 0 Å². The number of aryl methyl sites for hydroxylation is 2. The van der Waals surface area contributed by atoms with Crippen LogP contribution in [0.15, 0.2) is 42.6 Å². The van der Waals surface area contributed by atoms with E-state index in [1.54, 1.807) is 25.3 Å². The van der Waals surface area contributed by atoms with E-state index in [2.05, 4.69) is 0 Å². The second kappa shape index (κ2) is 5.79. The van der Waals surface area contributed by atoms with Gasteiger partial charge in [0, 0.05) is 11.8 Å². The molecular formula is C17H17NO3. The van der Waals surface area contributed by atoms with Crippen LogP contribution in [-0.4, -0.2) is 21.4 Å². The molecule has 0 radical (unpaired) electrons. The summed E-state index contributed by atoms with van der Waals surface area (Å²) in [5.41, 5.74) is 2.97. The van der Waals surface area contributed by atoms with Gasteiger partial charge in [0.2, 0.25) is 5.78 Å². The Balaban J connectivity index is 2.51. The summed E-state index contributed by atoms with van der Waals surface area (Å²) >= 11 is 0. The number of rotatable bonds is 4. The average molecular weight is 283 g/mol. The van der Waals surface area contributed by atoms with Crippen LogP contribution in [0.3, 0.4) is 0 Å². The number of carbonyl (C=O) groups excluding carboxylic acids is 1. The molecule has 1 heterocycles. The molecule has 0 aliphatic carbocycles. The van der Waals surface area contributed by atoms with Gasteiger partial charge in [-0.2, -0.15) is 0 Å². The van der Waals surface area contributed by atoms with Gasteiger partial charge in [-0.15, -0.1) is 0 Å². The average Bonchev–Trinajstić information content (AvgIpc) is 2.86. The minimum Gasteiger partial charge on any atom is -0.477 e. The molecule has 0 fully saturated rings. The molecule has 1 aromatic heterocycles. The van der Waals surface area contributed by atoms with E-state index in [1.165, 1.54) is 10.6 Å². The second-order valence-electron chi connectivity index (χ2n) is 4.95. The molecule has 108 valence electrons. The van der Waals surface area contributed by atoms with E-state index in [1.807, 2.05) is 32.0 Å². The molecule has 2 rings (SSSR count). The standard InChI is InChI=1S/C17H17NO3/c1-4-14(17(20)21)18-7-5-6-15(18)16(19)13-9-11(2)8-12(3)10-13/h4-10H,1-3H3,(H,20,21). The minimum atomic E-state index is -1.07. The third-order valence-electron chi connectivity index (χ3n) is 3.22. The molecule has 1 aromatic carbocycles. The molecule has 2 aromatic rings. The maximum Gasteiger partial charge on any atom is 0.352 e. The maximum absolute atomic E-state index is 12.6. The highest BCUT2D eigenvalue weighted by Crippen LogP contribution is 2.18. The number of nitrogens with zero attached hydrogens (tertiary/aromatic N) is 1. The first-order valence-electron chi connectivity index (χ1n) is 6.64. The lowest BCUT2D eigenvalue weighted by atomic mass is 10.0. The summed E-state index contributed by atoms with van der Waals surface area (Å²) in [7, 11) is 0. The van der Waals surface area contributed by atoms with Gasteiger partial charge in [0.1, 0.15) is 5.70 Å². The number of carboxylic acid groups (broad SMARTS) is 1. The molecule has 0 saturated heterocycles. The number of ketones is 1. The summed E-state index contributed by atoms with van der Waals surface area (Å²) in [4.78, 5) is 23.9. The molecule has 0 spiro atoms. The smallest absolute Gasteiger partial charge is 0.352 e. The van der Waals surface area contributed by atoms with Crippen molar-refractivity contribution in [2.45, 2.75) is 20.8 Å². The number of hydrogen-bond donors (Lipinski definition) is 1. The van der Waals surface area contributed by atoms with Gasteiger partial charge in [-0.05, 0) is 45.0 Å². The highest BCUT2D eigenvalue weighted by molar-refractivity contribution is 6.13. The van der Waals surface area contributed by atoms with Crippen molar-refractivity contribution in [1.82, 2.24) is 4.57 Å². The topological polar surface area (TPSA) is 59.3 Å². The molecule has 1 N–H and O–H groups in total. The molecule has 0 atom stereocenters. The molecule has 0 aliphatic rings. The Kier molecular flexibility index (Phi) is 4.08. The first kappa shape index (κ1) is 14.8. The third kappa shape index (κ3) is 2.94. The molecule has 0 saturated carbocycles. The number of benzene rings is 1. The van der Waals surface area contributed by atoms with Crippen molar-refractivity contribution in [2.75, 3.05) is 0 Å². The summed E-state index contributed by atoms with van der Waals surface area (Å²) in [6.07, 6.45) is 3.06. The van der Waals surface area contributed by atoms with E-state index in [4.69, 9.17) is 0 Å². The van der Waals surface area contributed by atoms with E-state index in [0.717, 1.165) is 11.1 Å². The Morgan fingerprint density at radius 2 is 1.76 bits per heavy atom. The predicted molar refractivity (Wildman–Crippen MR) is 81.4 cm³/mol. The molecule has 0 unspecified atom stereocenters. The lowest BCUT2D eigenvalue weighted by molar-refractivity contribution is -0.130. The maximum atomic E-state index is 12.6. The van der Waals surface area contributed by atoms with Gasteiger partial charge in [-0.25, -0.2) is 4.79 Å². The van der Waals surface area contributed by atoms with Gasteiger partial charge in [0.05, 0.1) is 5.69 Å². The zero-order valence-corrected chi connectivity index (χ0v) is 12.3. The molecular weight excluding hydrogens is 266 g/mol. The van der Waals surface area contributed by atoms with Crippen LogP contribution in [0.5, 0.6) is 0 Å². The van der Waals surface area contributed by atoms with E-state index in [-0.39, 0.29) is 11.5 Å². The number of carbonyl (C=O) groups is 2. The Bertz CT molecular complexity index is 718. The predicted octanol–water partition coefficient (Wildman–Crippen LogP) is 3.28. The SMILES string of the molecule is CC=C(C(=O)O)n1cccc1C(=O)c1cc(C)cc(C)c1. The van der Waals surface area contributed by atoms with Gasteiger partial charge >= 0.3 is 5.97 Å². The van der Waals surface area contributed by atoms with Gasteiger partial charge in [-0.1, -0.05) is 23.3 Å². The van der Waals surface area contributed by atoms with Crippen molar-refractivity contribution in [3.05, 3.63) is 65.0 Å². The monoisotopic (exact) mass is 283 g/mol. The Morgan fingerprint density at radius 3 is 2.29 bits per heavy atom. The van der Waals surface area contributed by atoms with E-state index in [9.17, 15) is 14.7 Å². The zero-order valence-electron chi connectivity index (χ0n) is 12.3. The molecule has 0 amide bonds. The third-order valence-corrected chi connectivity index (χ3v) is 3.22. The summed E-state index contributed by atoms with van der Waals surface area (Å²) in [5, 5.41) is 9.21. The lowest BCUT2D eigenvalue weighted by Crippen LogP contribution is -2.14. The molecule has 0 aliphatic heterocycles. The summed E-state index contributed by atoms with van der Waals surface area (Å²) in [6.45, 7) is 5.49. The summed E-state index contributed by atoms with van der Waals surface area (Å²) < 4.78 is 1.41. The van der Waals surface area contributed by atoms with Crippen LogP contribution < -0.4 is 0 Å². The number of hydrogen-bond acceptors (Lipinski definition) is 2. The fourth-order valence-corrected chi connectivity index (χ4v) is 2.40. The quantitative estimate of drug-likeness (QED) is 0.692. The summed E-state index contributed by atoms with van der Waals surface area (Å²) in [6, 6.07) is 8.91. The Hall–Kier alpha value is -2.62. The van der Waals surface area contributed by atoms with Crippen LogP contribution in [0.2, 0.25) is 0 Å². The van der Waals surface area contributed by atoms with E-state index < -0.39 is 5.97 Å². The van der Waals surface area contributed by atoms with E-state index >= 15 is 0 Å². The Morgan fingerprint density at radius 1 is 1.14 bits per heavy atom. The minimum absolute atomic E-state index is 0.0627. The normalized spacial score (nSPS) is 11.5. The molecule has 4 nitrogen and oxygen atoms in total. The first-order chi connectivity index (χ1) is 9.93. The number of carboxylic acids is 1. The van der Waals surface area contributed by atoms with E-state index in [0.29, 0.717) is 11.3 Å². The molecule has 21 heavy (non-hydrogen) atoms. The Labute approximate surface area is 123 Å². The van der Waals surface area contributed by atoms with Crippen LogP contribution in [0.1, 0.15) is 34.1 Å². The zero-order chi connectivity index (χ0) is 15.6. The van der Waals surface area contributed by atoms with Gasteiger partial charge < -0.3 is 9.67 Å². The van der Waals surface area contributed by atoms with Gasteiger partial charge in [-0.3, -0.25) is 4.79 Å². The van der Waals surface area contributed by atoms with Crippen LogP contribution >= 0.6 is 0 Å². The summed E-state index contributed by atoms with van der Waals surface area (Å²) in [5.74, 6) is -1.25. The molecule has 0 bridgehead atoms. The second-order valence-corrected chi connectivity index (χ2v) is 4.95. The largest absolute Gasteiger partial charge is 0.477 e. The van der Waals surface area contributed by atoms with Crippen LogP contribution in [0.25, 0.3) is 5.70 Å². The fourth-order valence-electron chi connectivity index (χ4n) is 2.40.